The SMILES string of the molecule is CC(C)(C(=O)N1CCNCC1)c1ccc(Cl)cc1. The maximum Gasteiger partial charge on any atom is 0.232 e. The highest BCUT2D eigenvalue weighted by atomic mass is 35.5. The first-order valence-electron chi connectivity index (χ1n) is 6.28. The summed E-state index contributed by atoms with van der Waals surface area (Å²) in [5.74, 6) is 0.186. The molecule has 0 aromatic heterocycles. The number of piperazine rings is 1. The zero-order valence-electron chi connectivity index (χ0n) is 10.9. The van der Waals surface area contributed by atoms with Crippen molar-refractivity contribution in [3.63, 3.8) is 0 Å². The largest absolute Gasteiger partial charge is 0.339 e. The van der Waals surface area contributed by atoms with E-state index in [0.29, 0.717) is 5.02 Å². The van der Waals surface area contributed by atoms with E-state index in [1.165, 1.54) is 0 Å². The lowest BCUT2D eigenvalue weighted by molar-refractivity contribution is -0.136. The van der Waals surface area contributed by atoms with Gasteiger partial charge >= 0.3 is 0 Å². The third-order valence-corrected chi connectivity index (χ3v) is 3.76. The van der Waals surface area contributed by atoms with Gasteiger partial charge in [-0.15, -0.1) is 0 Å². The fraction of sp³-hybridized carbons (Fsp3) is 0.500. The van der Waals surface area contributed by atoms with Gasteiger partial charge in [0.05, 0.1) is 5.41 Å². The second kappa shape index (κ2) is 5.29. The van der Waals surface area contributed by atoms with Crippen LogP contribution < -0.4 is 5.32 Å². The summed E-state index contributed by atoms with van der Waals surface area (Å²) in [5, 5.41) is 3.96. The molecule has 0 bridgehead atoms. The zero-order chi connectivity index (χ0) is 13.2. The third-order valence-electron chi connectivity index (χ3n) is 3.50. The summed E-state index contributed by atoms with van der Waals surface area (Å²) < 4.78 is 0. The fourth-order valence-corrected chi connectivity index (χ4v) is 2.38. The Morgan fingerprint density at radius 1 is 1.22 bits per heavy atom. The summed E-state index contributed by atoms with van der Waals surface area (Å²) in [7, 11) is 0. The number of benzene rings is 1. The molecule has 1 amide bonds. The van der Waals surface area contributed by atoms with Gasteiger partial charge in [0.2, 0.25) is 5.91 Å². The van der Waals surface area contributed by atoms with Crippen LogP contribution in [0, 0.1) is 0 Å². The summed E-state index contributed by atoms with van der Waals surface area (Å²) >= 11 is 5.89. The van der Waals surface area contributed by atoms with Gasteiger partial charge in [-0.25, -0.2) is 0 Å². The summed E-state index contributed by atoms with van der Waals surface area (Å²) in [6.45, 7) is 7.28. The van der Waals surface area contributed by atoms with E-state index in [0.717, 1.165) is 31.7 Å². The van der Waals surface area contributed by atoms with Crippen molar-refractivity contribution in [2.75, 3.05) is 26.2 Å². The van der Waals surface area contributed by atoms with Crippen LogP contribution >= 0.6 is 11.6 Å². The molecule has 1 heterocycles. The van der Waals surface area contributed by atoms with Crippen molar-refractivity contribution < 1.29 is 4.79 Å². The van der Waals surface area contributed by atoms with E-state index < -0.39 is 5.41 Å². The van der Waals surface area contributed by atoms with Crippen molar-refractivity contribution in [3.05, 3.63) is 34.9 Å². The van der Waals surface area contributed by atoms with Crippen LogP contribution in [0.25, 0.3) is 0 Å². The Bertz CT molecular complexity index is 422. The Morgan fingerprint density at radius 3 is 2.33 bits per heavy atom. The highest BCUT2D eigenvalue weighted by Crippen LogP contribution is 2.27. The number of amides is 1. The average molecular weight is 267 g/mol. The van der Waals surface area contributed by atoms with Gasteiger partial charge in [-0.2, -0.15) is 0 Å². The van der Waals surface area contributed by atoms with Crippen molar-refractivity contribution in [1.29, 1.82) is 0 Å². The molecule has 1 aliphatic heterocycles. The number of rotatable bonds is 2. The van der Waals surface area contributed by atoms with Crippen molar-refractivity contribution >= 4 is 17.5 Å². The van der Waals surface area contributed by atoms with Gasteiger partial charge in [-0.05, 0) is 31.5 Å². The molecule has 3 nitrogen and oxygen atoms in total. The molecule has 1 saturated heterocycles. The number of hydrogen-bond acceptors (Lipinski definition) is 2. The predicted molar refractivity (Wildman–Crippen MR) is 73.9 cm³/mol. The number of nitrogens with zero attached hydrogens (tertiary/aromatic N) is 1. The molecule has 1 N–H and O–H groups in total. The normalized spacial score (nSPS) is 16.7. The van der Waals surface area contributed by atoms with Crippen LogP contribution in [0.3, 0.4) is 0 Å². The Labute approximate surface area is 113 Å². The average Bonchev–Trinajstić information content (AvgIpc) is 2.39. The predicted octanol–water partition coefficient (Wildman–Crippen LogP) is 2.05. The van der Waals surface area contributed by atoms with Crippen LogP contribution in [-0.4, -0.2) is 37.0 Å². The van der Waals surface area contributed by atoms with Crippen LogP contribution in [-0.2, 0) is 10.2 Å². The first-order chi connectivity index (χ1) is 8.51. The number of nitrogens with one attached hydrogen (secondary N) is 1. The molecule has 4 heteroatoms. The molecular formula is C14H19ClN2O. The molecular weight excluding hydrogens is 248 g/mol. The number of halogens is 1. The minimum absolute atomic E-state index is 0.186. The maximum atomic E-state index is 12.6. The fourth-order valence-electron chi connectivity index (χ4n) is 2.25. The van der Waals surface area contributed by atoms with Crippen molar-refractivity contribution in [3.8, 4) is 0 Å². The lowest BCUT2D eigenvalue weighted by atomic mass is 9.83. The molecule has 0 spiro atoms. The van der Waals surface area contributed by atoms with Crippen LogP contribution in [0.5, 0.6) is 0 Å². The molecule has 1 aromatic carbocycles. The Hall–Kier alpha value is -1.06. The second-order valence-electron chi connectivity index (χ2n) is 5.17. The molecule has 0 atom stereocenters. The first kappa shape index (κ1) is 13.4. The topological polar surface area (TPSA) is 32.3 Å². The summed E-state index contributed by atoms with van der Waals surface area (Å²) in [4.78, 5) is 14.5. The molecule has 1 aliphatic rings. The van der Waals surface area contributed by atoms with Gasteiger partial charge in [0.1, 0.15) is 0 Å². The van der Waals surface area contributed by atoms with Gasteiger partial charge < -0.3 is 10.2 Å². The van der Waals surface area contributed by atoms with Crippen molar-refractivity contribution in [1.82, 2.24) is 10.2 Å². The lowest BCUT2D eigenvalue weighted by Crippen LogP contribution is -2.51. The molecule has 0 aliphatic carbocycles. The van der Waals surface area contributed by atoms with E-state index in [2.05, 4.69) is 5.32 Å². The van der Waals surface area contributed by atoms with Gasteiger partial charge in [0, 0.05) is 31.2 Å². The quantitative estimate of drug-likeness (QED) is 0.889. The van der Waals surface area contributed by atoms with Crippen LogP contribution in [0.4, 0.5) is 0 Å². The van der Waals surface area contributed by atoms with E-state index in [1.54, 1.807) is 0 Å². The second-order valence-corrected chi connectivity index (χ2v) is 5.61. The molecule has 0 saturated carbocycles. The van der Waals surface area contributed by atoms with Crippen LogP contribution in [0.2, 0.25) is 5.02 Å². The highest BCUT2D eigenvalue weighted by molar-refractivity contribution is 6.30. The Morgan fingerprint density at radius 2 is 1.78 bits per heavy atom. The molecule has 0 unspecified atom stereocenters. The molecule has 18 heavy (non-hydrogen) atoms. The van der Waals surface area contributed by atoms with E-state index in [4.69, 9.17) is 11.6 Å². The summed E-state index contributed by atoms with van der Waals surface area (Å²) in [6.07, 6.45) is 0. The van der Waals surface area contributed by atoms with Crippen molar-refractivity contribution in [2.45, 2.75) is 19.3 Å². The minimum Gasteiger partial charge on any atom is -0.339 e. The van der Waals surface area contributed by atoms with E-state index >= 15 is 0 Å². The molecule has 1 fully saturated rings. The monoisotopic (exact) mass is 266 g/mol. The van der Waals surface area contributed by atoms with E-state index in [1.807, 2.05) is 43.0 Å². The van der Waals surface area contributed by atoms with Gasteiger partial charge in [0.15, 0.2) is 0 Å². The van der Waals surface area contributed by atoms with Gasteiger partial charge in [-0.3, -0.25) is 4.79 Å². The Balaban J connectivity index is 2.18. The smallest absolute Gasteiger partial charge is 0.232 e. The van der Waals surface area contributed by atoms with Crippen LogP contribution in [0.1, 0.15) is 19.4 Å². The molecule has 2 rings (SSSR count). The molecule has 0 radical (unpaired) electrons. The Kier molecular flexibility index (Phi) is 3.93. The first-order valence-corrected chi connectivity index (χ1v) is 6.66. The molecule has 98 valence electrons. The van der Waals surface area contributed by atoms with Crippen molar-refractivity contribution in [2.24, 2.45) is 0 Å². The maximum absolute atomic E-state index is 12.6. The summed E-state index contributed by atoms with van der Waals surface area (Å²) in [6, 6.07) is 7.54. The van der Waals surface area contributed by atoms with Gasteiger partial charge in [-0.1, -0.05) is 23.7 Å². The molecule has 1 aromatic rings. The number of carbonyl (C=O) groups is 1. The van der Waals surface area contributed by atoms with E-state index in [-0.39, 0.29) is 5.91 Å². The van der Waals surface area contributed by atoms with Gasteiger partial charge in [0.25, 0.3) is 0 Å². The lowest BCUT2D eigenvalue weighted by Gasteiger charge is -2.35. The number of carbonyl (C=O) groups excluding carboxylic acids is 1. The summed E-state index contributed by atoms with van der Waals surface area (Å²) in [5.41, 5.74) is 0.512. The van der Waals surface area contributed by atoms with E-state index in [9.17, 15) is 4.79 Å². The third kappa shape index (κ3) is 2.68. The zero-order valence-corrected chi connectivity index (χ0v) is 11.6. The minimum atomic E-state index is -0.498. The number of hydrogen-bond donors (Lipinski definition) is 1. The van der Waals surface area contributed by atoms with Crippen LogP contribution in [0.15, 0.2) is 24.3 Å². The standard InChI is InChI=1S/C14H19ClN2O/c1-14(2,11-3-5-12(15)6-4-11)13(18)17-9-7-16-8-10-17/h3-6,16H,7-10H2,1-2H3. The highest BCUT2D eigenvalue weighted by Gasteiger charge is 2.34.